The van der Waals surface area contributed by atoms with Crippen molar-refractivity contribution in [1.82, 2.24) is 0 Å². The van der Waals surface area contributed by atoms with Gasteiger partial charge in [-0.15, -0.1) is 0 Å². The van der Waals surface area contributed by atoms with Crippen LogP contribution in [0.5, 0.6) is 17.2 Å². The van der Waals surface area contributed by atoms with E-state index in [1.165, 1.54) is 0 Å². The third-order valence-electron chi connectivity index (χ3n) is 10.7. The van der Waals surface area contributed by atoms with E-state index in [0.717, 1.165) is 44.5 Å². The molecule has 384 valence electrons. The number of phenols is 3. The maximum atomic E-state index is 12.9. The van der Waals surface area contributed by atoms with Crippen LogP contribution in [0.1, 0.15) is 201 Å². The van der Waals surface area contributed by atoms with Crippen molar-refractivity contribution in [2.75, 3.05) is 26.4 Å². The van der Waals surface area contributed by atoms with Gasteiger partial charge in [-0.25, -0.2) is 0 Å². The predicted molar refractivity (Wildman–Crippen MR) is 283 cm³/mol. The van der Waals surface area contributed by atoms with Crippen LogP contribution in [0.25, 0.3) is 0 Å². The molecule has 16 heteroatoms. The van der Waals surface area contributed by atoms with E-state index >= 15 is 0 Å². The number of phenolic OH excluding ortho intramolecular Hbond substituents is 3. The summed E-state index contributed by atoms with van der Waals surface area (Å²) in [6.07, 6.45) is 0.123. The van der Waals surface area contributed by atoms with Gasteiger partial charge in [0.2, 0.25) is 0 Å². The van der Waals surface area contributed by atoms with E-state index in [2.05, 4.69) is 41.5 Å². The number of rotatable bonds is 15. The molecule has 0 fully saturated rings. The topological polar surface area (TPSA) is 189 Å². The van der Waals surface area contributed by atoms with Crippen LogP contribution in [0, 0.1) is 0 Å². The Morgan fingerprint density at radius 1 is 0.426 bits per heavy atom. The second-order valence-corrected chi connectivity index (χ2v) is 28.3. The Hall–Kier alpha value is -1.23. The van der Waals surface area contributed by atoms with Gasteiger partial charge in [-0.1, -0.05) is 154 Å². The summed E-state index contributed by atoms with van der Waals surface area (Å²) in [5.74, 6) is 1.01. The fraction of sp³-hybridized carbons (Fsp3) is 0.654. The van der Waals surface area contributed by atoms with E-state index in [0.29, 0.717) is 24.5 Å². The van der Waals surface area contributed by atoms with Crippen molar-refractivity contribution in [2.24, 2.45) is 0 Å². The molecule has 0 aromatic heterocycles. The molecule has 3 aromatic rings. The molecule has 0 heterocycles. The molecule has 0 aliphatic rings. The number of aromatic hydroxyl groups is 3. The first-order valence-electron chi connectivity index (χ1n) is 23.5. The van der Waals surface area contributed by atoms with Gasteiger partial charge in [-0.05, 0) is 111 Å². The van der Waals surface area contributed by atoms with Crippen LogP contribution in [0.2, 0.25) is 0 Å². The van der Waals surface area contributed by atoms with Crippen molar-refractivity contribution in [1.29, 1.82) is 0 Å². The summed E-state index contributed by atoms with van der Waals surface area (Å²) in [7, 11) is -10.5. The van der Waals surface area contributed by atoms with Gasteiger partial charge in [0.15, 0.2) is 0 Å². The van der Waals surface area contributed by atoms with Gasteiger partial charge in [-0.3, -0.25) is 13.7 Å². The molecule has 3 rings (SSSR count). The third-order valence-corrected chi connectivity index (χ3v) is 15.6. The molecule has 0 aliphatic heterocycles. The first-order chi connectivity index (χ1) is 30.1. The van der Waals surface area contributed by atoms with E-state index in [1.54, 1.807) is 19.9 Å². The molecule has 3 aromatic carbocycles. The van der Waals surface area contributed by atoms with Crippen LogP contribution in [-0.2, 0) is 77.4 Å². The summed E-state index contributed by atoms with van der Waals surface area (Å²) in [5, 5.41) is 31.8. The molecule has 12 nitrogen and oxygen atoms in total. The summed E-state index contributed by atoms with van der Waals surface area (Å²) in [6.45, 7) is 42.5. The molecule has 0 bridgehead atoms. The maximum Gasteiger partial charge on any atom is 2.00 e. The number of hydrogen-bond donors (Lipinski definition) is 5. The Morgan fingerprint density at radius 2 is 0.662 bits per heavy atom. The molecule has 5 N–H and O–H groups in total. The van der Waals surface area contributed by atoms with Gasteiger partial charge < -0.3 is 43.2 Å². The molecular formula is C52H89CaO12P3+2. The van der Waals surface area contributed by atoms with Gasteiger partial charge in [0, 0.05) is 0 Å². The van der Waals surface area contributed by atoms with Crippen molar-refractivity contribution >= 4 is 60.5 Å². The second kappa shape index (κ2) is 26.1. The molecule has 68 heavy (non-hydrogen) atoms. The van der Waals surface area contributed by atoms with E-state index in [9.17, 15) is 38.8 Å². The molecule has 0 spiro atoms. The zero-order chi connectivity index (χ0) is 52.5. The first kappa shape index (κ1) is 66.8. The van der Waals surface area contributed by atoms with E-state index in [-0.39, 0.29) is 114 Å². The van der Waals surface area contributed by atoms with Gasteiger partial charge in [0.05, 0.1) is 44.9 Å². The quantitative estimate of drug-likeness (QED) is 0.0717. The van der Waals surface area contributed by atoms with Crippen molar-refractivity contribution in [3.63, 3.8) is 0 Å². The van der Waals surface area contributed by atoms with Crippen molar-refractivity contribution < 1.29 is 56.9 Å². The van der Waals surface area contributed by atoms with Crippen molar-refractivity contribution in [3.05, 3.63) is 86.5 Å². The molecule has 2 unspecified atom stereocenters. The SMILES string of the molecule is CCOP(=O)(Cc1cc(C(C)(C)C)c(O)c(C(C)(C)C)c1)OCC.CCOP(=O)(O)Cc1cc(C(C)(C)C)c(O)c(C(C)(C)C)c1.CCOP(=O)(O)Cc1cc(C(C)C)c(O)c(C(C)(C)C)c1.[Ca+2]. The molecular weight excluding hydrogens is 950 g/mol. The summed E-state index contributed by atoms with van der Waals surface area (Å²) in [4.78, 5) is 19.7. The van der Waals surface area contributed by atoms with Gasteiger partial charge in [0.1, 0.15) is 17.2 Å². The van der Waals surface area contributed by atoms with Crippen LogP contribution >= 0.6 is 22.8 Å². The summed E-state index contributed by atoms with van der Waals surface area (Å²) < 4.78 is 57.7. The van der Waals surface area contributed by atoms with Crippen molar-refractivity contribution in [3.8, 4) is 17.2 Å². The zero-order valence-corrected chi connectivity index (χ0v) is 50.5. The van der Waals surface area contributed by atoms with E-state index < -0.39 is 22.8 Å². The first-order valence-corrected chi connectivity index (χ1v) is 28.8. The fourth-order valence-electron chi connectivity index (χ4n) is 7.38. The van der Waals surface area contributed by atoms with E-state index in [1.807, 2.05) is 120 Å². The molecule has 0 amide bonds. The van der Waals surface area contributed by atoms with Gasteiger partial charge in [0.25, 0.3) is 0 Å². The standard InChI is InChI=1S/C19H33O4P.C17H29O4P.C16H27O4P.Ca/c1-9-22-24(21,23-10-2)13-14-11-15(18(3,4)5)17(20)16(12-14)19(6,7)8;1-8-21-22(19,20)11-12-9-13(16(2,3)4)15(18)14(10-12)17(5,6)7;1-7-20-21(18,19)10-12-8-13(11(2)3)15(17)14(9-12)16(4,5)6;/h11-12,20H,9-10,13H2,1-8H3;9-10,18H,8,11H2,1-7H3,(H,19,20);8-9,11,17H,7,10H2,1-6H3,(H,18,19);/q;;;+2. The molecule has 0 saturated carbocycles. The smallest absolute Gasteiger partial charge is 0.507 e. The van der Waals surface area contributed by atoms with Crippen LogP contribution in [0.3, 0.4) is 0 Å². The Morgan fingerprint density at radius 3 is 0.897 bits per heavy atom. The third kappa shape index (κ3) is 21.1. The molecule has 0 saturated heterocycles. The zero-order valence-electron chi connectivity index (χ0n) is 45.6. The Labute approximate surface area is 441 Å². The van der Waals surface area contributed by atoms with Crippen LogP contribution in [0.15, 0.2) is 36.4 Å². The number of benzene rings is 3. The Bertz CT molecular complexity index is 2160. The Kier molecular flexibility index (Phi) is 25.7. The second-order valence-electron chi connectivity index (χ2n) is 22.6. The number of hydrogen-bond acceptors (Lipinski definition) is 10. The average Bonchev–Trinajstić information content (AvgIpc) is 3.11. The maximum absolute atomic E-state index is 12.9. The molecule has 0 aliphatic carbocycles. The normalized spacial score (nSPS) is 14.5. The summed E-state index contributed by atoms with van der Waals surface area (Å²) >= 11 is 0. The monoisotopic (exact) mass is 1040 g/mol. The van der Waals surface area contributed by atoms with E-state index in [4.69, 9.17) is 18.1 Å². The van der Waals surface area contributed by atoms with Crippen LogP contribution in [-0.4, -0.2) is 89.3 Å². The molecule has 2 atom stereocenters. The minimum absolute atomic E-state index is 0. The fourth-order valence-corrected chi connectivity index (χ4v) is 11.3. The van der Waals surface area contributed by atoms with Crippen molar-refractivity contribution in [2.45, 2.75) is 197 Å². The Balaban J connectivity index is 0.000000985. The van der Waals surface area contributed by atoms with Gasteiger partial charge in [-0.2, -0.15) is 0 Å². The minimum Gasteiger partial charge on any atom is -0.507 e. The predicted octanol–water partition coefficient (Wildman–Crippen LogP) is 14.6. The van der Waals surface area contributed by atoms with Gasteiger partial charge >= 0.3 is 60.5 Å². The summed E-state index contributed by atoms with van der Waals surface area (Å²) in [6, 6.07) is 11.1. The average molecular weight is 1040 g/mol. The van der Waals surface area contributed by atoms with Crippen LogP contribution < -0.4 is 0 Å². The minimum atomic E-state index is -3.66. The molecule has 0 radical (unpaired) electrons. The largest absolute Gasteiger partial charge is 2.00 e. The van der Waals surface area contributed by atoms with Crippen LogP contribution in [0.4, 0.5) is 0 Å². The summed E-state index contributed by atoms with van der Waals surface area (Å²) in [5.41, 5.74) is 5.97.